The number of carboxylic acid groups (broad SMARTS) is 1. The first-order chi connectivity index (χ1) is 12.8. The van der Waals surface area contributed by atoms with Gasteiger partial charge < -0.3 is 10.4 Å². The van der Waals surface area contributed by atoms with E-state index in [-0.39, 0.29) is 0 Å². The quantitative estimate of drug-likeness (QED) is 0.201. The van der Waals surface area contributed by atoms with Crippen molar-refractivity contribution in [1.29, 1.82) is 0 Å². The zero-order valence-electron chi connectivity index (χ0n) is 17.7. The van der Waals surface area contributed by atoms with Gasteiger partial charge >= 0.3 is 6.09 Å². The van der Waals surface area contributed by atoms with E-state index in [0.29, 0.717) is 6.54 Å². The van der Waals surface area contributed by atoms with Gasteiger partial charge in [0.05, 0.1) is 0 Å². The van der Waals surface area contributed by atoms with Crippen LogP contribution in [0.3, 0.4) is 0 Å². The summed E-state index contributed by atoms with van der Waals surface area (Å²) in [4.78, 5) is 10.3. The van der Waals surface area contributed by atoms with E-state index in [9.17, 15) is 4.79 Å². The molecule has 0 aromatic rings. The second-order valence-corrected chi connectivity index (χ2v) is 7.95. The predicted molar refractivity (Wildman–Crippen MR) is 114 cm³/mol. The molecular weight excluding hydrogens is 322 g/mol. The Kier molecular flexibility index (Phi) is 21.7. The van der Waals surface area contributed by atoms with Crippen LogP contribution in [-0.4, -0.2) is 17.7 Å². The third-order valence-electron chi connectivity index (χ3n) is 5.31. The molecular formula is C23H47NO2. The Balaban J connectivity index is 2.98. The van der Waals surface area contributed by atoms with Gasteiger partial charge in [0.2, 0.25) is 0 Å². The van der Waals surface area contributed by atoms with E-state index in [0.717, 1.165) is 12.8 Å². The van der Waals surface area contributed by atoms with Crippen molar-refractivity contribution in [2.45, 2.75) is 135 Å². The van der Waals surface area contributed by atoms with Crippen LogP contribution in [0.1, 0.15) is 135 Å². The summed E-state index contributed by atoms with van der Waals surface area (Å²) in [6.07, 6.45) is 26.6. The molecule has 0 aliphatic rings. The highest BCUT2D eigenvalue weighted by atomic mass is 16.4. The minimum atomic E-state index is -0.900. The van der Waals surface area contributed by atoms with Gasteiger partial charge in [-0.3, -0.25) is 0 Å². The summed E-state index contributed by atoms with van der Waals surface area (Å²) in [6, 6.07) is 0. The average Bonchev–Trinajstić information content (AvgIpc) is 2.62. The molecule has 0 unspecified atom stereocenters. The molecule has 0 heterocycles. The second kappa shape index (κ2) is 22.3. The summed E-state index contributed by atoms with van der Waals surface area (Å²) in [5.74, 6) is 0. The number of carbonyl (C=O) groups is 1. The Hall–Kier alpha value is -0.730. The maximum atomic E-state index is 10.3. The number of hydrogen-bond donors (Lipinski definition) is 2. The normalized spacial score (nSPS) is 11.0. The Labute approximate surface area is 163 Å². The van der Waals surface area contributed by atoms with Crippen LogP contribution in [0.5, 0.6) is 0 Å². The Morgan fingerprint density at radius 2 is 0.808 bits per heavy atom. The first-order valence-corrected chi connectivity index (χ1v) is 11.7. The monoisotopic (exact) mass is 369 g/mol. The van der Waals surface area contributed by atoms with Gasteiger partial charge in [-0.05, 0) is 6.42 Å². The zero-order chi connectivity index (χ0) is 19.1. The predicted octanol–water partition coefficient (Wildman–Crippen LogP) is 8.08. The van der Waals surface area contributed by atoms with Crippen molar-refractivity contribution < 1.29 is 9.90 Å². The molecule has 0 spiro atoms. The molecule has 0 bridgehead atoms. The van der Waals surface area contributed by atoms with Gasteiger partial charge in [0, 0.05) is 6.54 Å². The van der Waals surface area contributed by atoms with E-state index in [2.05, 4.69) is 12.2 Å². The van der Waals surface area contributed by atoms with E-state index in [1.54, 1.807) is 0 Å². The topological polar surface area (TPSA) is 49.3 Å². The molecule has 0 aromatic heterocycles. The Bertz CT molecular complexity index is 281. The van der Waals surface area contributed by atoms with Crippen molar-refractivity contribution in [2.75, 3.05) is 6.54 Å². The third kappa shape index (κ3) is 23.3. The first kappa shape index (κ1) is 25.3. The van der Waals surface area contributed by atoms with Gasteiger partial charge in [-0.2, -0.15) is 0 Å². The molecule has 0 fully saturated rings. The van der Waals surface area contributed by atoms with Crippen LogP contribution >= 0.6 is 0 Å². The minimum absolute atomic E-state index is 0.605. The van der Waals surface area contributed by atoms with Crippen molar-refractivity contribution in [2.24, 2.45) is 0 Å². The van der Waals surface area contributed by atoms with Crippen LogP contribution in [0.15, 0.2) is 0 Å². The fourth-order valence-corrected chi connectivity index (χ4v) is 3.58. The van der Waals surface area contributed by atoms with Crippen LogP contribution in [-0.2, 0) is 0 Å². The fourth-order valence-electron chi connectivity index (χ4n) is 3.58. The molecule has 3 heteroatoms. The molecule has 0 rings (SSSR count). The molecule has 0 aliphatic carbocycles. The number of hydrogen-bond acceptors (Lipinski definition) is 1. The van der Waals surface area contributed by atoms with Gasteiger partial charge in [0.25, 0.3) is 0 Å². The van der Waals surface area contributed by atoms with Crippen LogP contribution in [0, 0.1) is 0 Å². The summed E-state index contributed by atoms with van der Waals surface area (Å²) in [5, 5.41) is 10.9. The molecule has 2 N–H and O–H groups in total. The lowest BCUT2D eigenvalue weighted by molar-refractivity contribution is 0.194. The van der Waals surface area contributed by atoms with Crippen LogP contribution < -0.4 is 5.32 Å². The summed E-state index contributed by atoms with van der Waals surface area (Å²) in [6.45, 7) is 2.89. The average molecular weight is 370 g/mol. The molecule has 0 aromatic carbocycles. The molecule has 0 saturated heterocycles. The second-order valence-electron chi connectivity index (χ2n) is 7.95. The van der Waals surface area contributed by atoms with Gasteiger partial charge in [-0.1, -0.05) is 129 Å². The lowest BCUT2D eigenvalue weighted by atomic mass is 10.0. The summed E-state index contributed by atoms with van der Waals surface area (Å²) >= 11 is 0. The van der Waals surface area contributed by atoms with Gasteiger partial charge in [0.1, 0.15) is 0 Å². The largest absolute Gasteiger partial charge is 0.465 e. The zero-order valence-corrected chi connectivity index (χ0v) is 17.7. The van der Waals surface area contributed by atoms with E-state index < -0.39 is 6.09 Å². The van der Waals surface area contributed by atoms with Crippen molar-refractivity contribution in [1.82, 2.24) is 5.32 Å². The maximum absolute atomic E-state index is 10.3. The Morgan fingerprint density at radius 1 is 0.538 bits per heavy atom. The van der Waals surface area contributed by atoms with Crippen LogP contribution in [0.4, 0.5) is 4.79 Å². The standard InChI is InChI=1S/C23H47NO2/c1-2-3-4-5-6-7-8-9-10-11-12-13-14-15-16-17-18-19-20-21-22-24-23(25)26/h24H,2-22H2,1H3,(H,25,26). The molecule has 26 heavy (non-hydrogen) atoms. The highest BCUT2D eigenvalue weighted by Gasteiger charge is 1.96. The molecule has 156 valence electrons. The summed E-state index contributed by atoms with van der Waals surface area (Å²) in [5.41, 5.74) is 0. The minimum Gasteiger partial charge on any atom is -0.465 e. The van der Waals surface area contributed by atoms with Crippen molar-refractivity contribution in [3.63, 3.8) is 0 Å². The summed E-state index contributed by atoms with van der Waals surface area (Å²) in [7, 11) is 0. The van der Waals surface area contributed by atoms with E-state index in [4.69, 9.17) is 5.11 Å². The third-order valence-corrected chi connectivity index (χ3v) is 5.31. The lowest BCUT2D eigenvalue weighted by Crippen LogP contribution is -2.21. The van der Waals surface area contributed by atoms with Gasteiger partial charge in [0.15, 0.2) is 0 Å². The number of amides is 1. The fraction of sp³-hybridized carbons (Fsp3) is 0.957. The smallest absolute Gasteiger partial charge is 0.404 e. The summed E-state index contributed by atoms with van der Waals surface area (Å²) < 4.78 is 0. The van der Waals surface area contributed by atoms with Crippen molar-refractivity contribution >= 4 is 6.09 Å². The van der Waals surface area contributed by atoms with E-state index >= 15 is 0 Å². The number of unbranched alkanes of at least 4 members (excludes halogenated alkanes) is 19. The van der Waals surface area contributed by atoms with Crippen LogP contribution in [0.2, 0.25) is 0 Å². The molecule has 1 amide bonds. The number of rotatable bonds is 21. The van der Waals surface area contributed by atoms with Gasteiger partial charge in [-0.25, -0.2) is 4.79 Å². The molecule has 0 aliphatic heterocycles. The van der Waals surface area contributed by atoms with Crippen LogP contribution in [0.25, 0.3) is 0 Å². The Morgan fingerprint density at radius 3 is 1.08 bits per heavy atom. The molecule has 0 saturated carbocycles. The highest BCUT2D eigenvalue weighted by Crippen LogP contribution is 2.14. The maximum Gasteiger partial charge on any atom is 0.404 e. The number of nitrogens with one attached hydrogen (secondary N) is 1. The molecule has 3 nitrogen and oxygen atoms in total. The van der Waals surface area contributed by atoms with Crippen molar-refractivity contribution in [3.05, 3.63) is 0 Å². The van der Waals surface area contributed by atoms with E-state index in [1.807, 2.05) is 0 Å². The highest BCUT2D eigenvalue weighted by molar-refractivity contribution is 5.64. The van der Waals surface area contributed by atoms with Crippen molar-refractivity contribution in [3.8, 4) is 0 Å². The lowest BCUT2D eigenvalue weighted by Gasteiger charge is -2.04. The SMILES string of the molecule is CCCCCCCCCCCCCCCCCCCCCCNC(=O)O. The molecule has 0 radical (unpaired) electrons. The molecule has 0 atom stereocenters. The first-order valence-electron chi connectivity index (χ1n) is 11.7. The van der Waals surface area contributed by atoms with E-state index in [1.165, 1.54) is 116 Å². The van der Waals surface area contributed by atoms with Gasteiger partial charge in [-0.15, -0.1) is 0 Å².